The Hall–Kier alpha value is -1.39. The van der Waals surface area contributed by atoms with Crippen LogP contribution in [-0.4, -0.2) is 25.2 Å². The smallest absolute Gasteiger partial charge is 0.122 e. The molecule has 0 radical (unpaired) electrons. The average molecular weight is 234 g/mol. The highest BCUT2D eigenvalue weighted by atomic mass is 16.5. The molecule has 2 rings (SSSR count). The van der Waals surface area contributed by atoms with Crippen molar-refractivity contribution in [1.82, 2.24) is 0 Å². The van der Waals surface area contributed by atoms with Gasteiger partial charge < -0.3 is 15.2 Å². The van der Waals surface area contributed by atoms with Crippen LogP contribution in [0.15, 0.2) is 24.3 Å². The Balaban J connectivity index is 1.76. The van der Waals surface area contributed by atoms with Crippen LogP contribution in [0.5, 0.6) is 0 Å². The minimum atomic E-state index is 0.0943. The van der Waals surface area contributed by atoms with Crippen LogP contribution in [0.2, 0.25) is 0 Å². The first-order chi connectivity index (χ1) is 8.25. The maximum absolute atomic E-state index is 7.29. The van der Waals surface area contributed by atoms with Crippen LogP contribution in [0.1, 0.15) is 24.0 Å². The van der Waals surface area contributed by atoms with Gasteiger partial charge in [-0.1, -0.05) is 24.3 Å². The fourth-order valence-corrected chi connectivity index (χ4v) is 1.86. The second-order valence-corrected chi connectivity index (χ2v) is 4.26. The number of benzene rings is 1. The lowest BCUT2D eigenvalue weighted by Gasteiger charge is -2.10. The minimum absolute atomic E-state index is 0.0943. The van der Waals surface area contributed by atoms with Crippen molar-refractivity contribution < 1.29 is 9.47 Å². The summed E-state index contributed by atoms with van der Waals surface area (Å²) in [4.78, 5) is 0. The number of nitrogen functional groups attached to an aromatic ring is 1. The topological polar surface area (TPSA) is 68.3 Å². The zero-order valence-corrected chi connectivity index (χ0v) is 9.82. The summed E-state index contributed by atoms with van der Waals surface area (Å²) in [5.74, 6) is 0.0943. The lowest BCUT2D eigenvalue weighted by molar-refractivity contribution is 0.0106. The summed E-state index contributed by atoms with van der Waals surface area (Å²) in [7, 11) is 0. The van der Waals surface area contributed by atoms with E-state index in [1.54, 1.807) is 0 Å². The van der Waals surface area contributed by atoms with Crippen molar-refractivity contribution in [3.05, 3.63) is 35.4 Å². The highest BCUT2D eigenvalue weighted by Crippen LogP contribution is 2.13. The molecule has 0 bridgehead atoms. The number of nitrogens with two attached hydrogens (primary N) is 1. The van der Waals surface area contributed by atoms with Gasteiger partial charge in [0, 0.05) is 12.2 Å². The molecule has 0 spiro atoms. The van der Waals surface area contributed by atoms with E-state index in [1.807, 2.05) is 24.3 Å². The third-order valence-electron chi connectivity index (χ3n) is 2.86. The van der Waals surface area contributed by atoms with Crippen LogP contribution in [0.25, 0.3) is 0 Å². The van der Waals surface area contributed by atoms with Gasteiger partial charge in [0.05, 0.1) is 19.3 Å². The first kappa shape index (κ1) is 12.1. The summed E-state index contributed by atoms with van der Waals surface area (Å²) in [6, 6.07) is 7.55. The van der Waals surface area contributed by atoms with Crippen LogP contribution >= 0.6 is 0 Å². The molecule has 1 unspecified atom stereocenters. The van der Waals surface area contributed by atoms with E-state index in [9.17, 15) is 0 Å². The van der Waals surface area contributed by atoms with E-state index in [0.29, 0.717) is 13.2 Å². The van der Waals surface area contributed by atoms with Gasteiger partial charge in [-0.15, -0.1) is 0 Å². The average Bonchev–Trinajstić information content (AvgIpc) is 2.83. The highest BCUT2D eigenvalue weighted by molar-refractivity contribution is 5.94. The molecule has 1 aliphatic heterocycles. The largest absolute Gasteiger partial charge is 0.384 e. The van der Waals surface area contributed by atoms with Gasteiger partial charge in [0.1, 0.15) is 5.84 Å². The van der Waals surface area contributed by atoms with Crippen molar-refractivity contribution in [3.8, 4) is 0 Å². The second-order valence-electron chi connectivity index (χ2n) is 4.26. The molecule has 0 amide bonds. The zero-order chi connectivity index (χ0) is 12.1. The van der Waals surface area contributed by atoms with Crippen molar-refractivity contribution >= 4 is 5.84 Å². The van der Waals surface area contributed by atoms with E-state index in [4.69, 9.17) is 20.6 Å². The Kier molecular flexibility index (Phi) is 4.12. The van der Waals surface area contributed by atoms with Crippen LogP contribution in [0.3, 0.4) is 0 Å². The Morgan fingerprint density at radius 1 is 1.41 bits per heavy atom. The Morgan fingerprint density at radius 3 is 2.76 bits per heavy atom. The van der Waals surface area contributed by atoms with Crippen molar-refractivity contribution in [2.75, 3.05) is 13.2 Å². The minimum Gasteiger partial charge on any atom is -0.384 e. The molecule has 3 N–H and O–H groups in total. The molecule has 1 aromatic carbocycles. The van der Waals surface area contributed by atoms with Gasteiger partial charge >= 0.3 is 0 Å². The fraction of sp³-hybridized carbons (Fsp3) is 0.462. The van der Waals surface area contributed by atoms with E-state index in [-0.39, 0.29) is 11.9 Å². The molecule has 0 aromatic heterocycles. The van der Waals surface area contributed by atoms with Gasteiger partial charge in [0.2, 0.25) is 0 Å². The molecule has 1 fully saturated rings. The molecule has 0 aliphatic carbocycles. The molecule has 1 aliphatic rings. The SMILES string of the molecule is N=C(N)c1ccc(COCC2CCCO2)cc1. The fourth-order valence-electron chi connectivity index (χ4n) is 1.86. The maximum atomic E-state index is 7.29. The zero-order valence-electron chi connectivity index (χ0n) is 9.82. The standard InChI is InChI=1S/C13H18N2O2/c14-13(15)11-5-3-10(4-6-11)8-16-9-12-2-1-7-17-12/h3-6,12H,1-2,7-9H2,(H3,14,15). The van der Waals surface area contributed by atoms with Gasteiger partial charge in [0.25, 0.3) is 0 Å². The first-order valence-corrected chi connectivity index (χ1v) is 5.88. The number of amidine groups is 1. The molecule has 0 saturated carbocycles. The molecular formula is C13H18N2O2. The van der Waals surface area contributed by atoms with Crippen molar-refractivity contribution in [2.45, 2.75) is 25.6 Å². The lowest BCUT2D eigenvalue weighted by atomic mass is 10.1. The molecule has 1 atom stereocenters. The molecule has 1 heterocycles. The quantitative estimate of drug-likeness (QED) is 0.601. The van der Waals surface area contributed by atoms with Crippen LogP contribution < -0.4 is 5.73 Å². The summed E-state index contributed by atoms with van der Waals surface area (Å²) in [5.41, 5.74) is 7.22. The molecular weight excluding hydrogens is 216 g/mol. The lowest BCUT2D eigenvalue weighted by Crippen LogP contribution is -2.14. The van der Waals surface area contributed by atoms with E-state index in [0.717, 1.165) is 30.6 Å². The molecule has 92 valence electrons. The van der Waals surface area contributed by atoms with Crippen molar-refractivity contribution in [1.29, 1.82) is 5.41 Å². The third-order valence-corrected chi connectivity index (χ3v) is 2.86. The molecule has 17 heavy (non-hydrogen) atoms. The van der Waals surface area contributed by atoms with Crippen LogP contribution in [0.4, 0.5) is 0 Å². The maximum Gasteiger partial charge on any atom is 0.122 e. The number of rotatable bonds is 5. The second kappa shape index (κ2) is 5.80. The molecule has 1 aromatic rings. The van der Waals surface area contributed by atoms with Crippen molar-refractivity contribution in [2.24, 2.45) is 5.73 Å². The normalized spacial score (nSPS) is 19.4. The predicted octanol–water partition coefficient (Wildman–Crippen LogP) is 1.67. The number of hydrogen-bond donors (Lipinski definition) is 2. The van der Waals surface area contributed by atoms with Gasteiger partial charge in [-0.3, -0.25) is 5.41 Å². The van der Waals surface area contributed by atoms with Gasteiger partial charge in [-0.25, -0.2) is 0 Å². The highest BCUT2D eigenvalue weighted by Gasteiger charge is 2.15. The molecule has 4 nitrogen and oxygen atoms in total. The third kappa shape index (κ3) is 3.54. The van der Waals surface area contributed by atoms with E-state index < -0.39 is 0 Å². The Bertz CT molecular complexity index is 370. The van der Waals surface area contributed by atoms with E-state index in [2.05, 4.69) is 0 Å². The summed E-state index contributed by atoms with van der Waals surface area (Å²) in [6.07, 6.45) is 2.51. The Labute approximate surface area is 101 Å². The first-order valence-electron chi connectivity index (χ1n) is 5.88. The number of ether oxygens (including phenoxy) is 2. The summed E-state index contributed by atoms with van der Waals surface area (Å²) >= 11 is 0. The number of nitrogens with one attached hydrogen (secondary N) is 1. The summed E-state index contributed by atoms with van der Waals surface area (Å²) in [5, 5.41) is 7.29. The van der Waals surface area contributed by atoms with Gasteiger partial charge in [0.15, 0.2) is 0 Å². The van der Waals surface area contributed by atoms with Crippen LogP contribution in [0, 0.1) is 5.41 Å². The van der Waals surface area contributed by atoms with Gasteiger partial charge in [-0.2, -0.15) is 0 Å². The Morgan fingerprint density at radius 2 is 2.18 bits per heavy atom. The molecule has 1 saturated heterocycles. The van der Waals surface area contributed by atoms with E-state index >= 15 is 0 Å². The molecule has 4 heteroatoms. The summed E-state index contributed by atoms with van der Waals surface area (Å²) < 4.78 is 11.1. The van der Waals surface area contributed by atoms with Gasteiger partial charge in [-0.05, 0) is 18.4 Å². The van der Waals surface area contributed by atoms with E-state index in [1.165, 1.54) is 0 Å². The number of hydrogen-bond acceptors (Lipinski definition) is 3. The van der Waals surface area contributed by atoms with Crippen LogP contribution in [-0.2, 0) is 16.1 Å². The van der Waals surface area contributed by atoms with Crippen molar-refractivity contribution in [3.63, 3.8) is 0 Å². The predicted molar refractivity (Wildman–Crippen MR) is 66.1 cm³/mol. The monoisotopic (exact) mass is 234 g/mol. The summed E-state index contributed by atoms with van der Waals surface area (Å²) in [6.45, 7) is 2.10.